The van der Waals surface area contributed by atoms with E-state index in [1.807, 2.05) is 13.8 Å². The second-order valence-electron chi connectivity index (χ2n) is 7.43. The third-order valence-corrected chi connectivity index (χ3v) is 5.27. The Hall–Kier alpha value is -3.84. The van der Waals surface area contributed by atoms with Gasteiger partial charge in [0.1, 0.15) is 24.3 Å². The number of carbonyl (C=O) groups excluding carboxylic acids is 1. The first-order valence-electron chi connectivity index (χ1n) is 10.4. The normalized spacial score (nSPS) is 11.6. The predicted molar refractivity (Wildman–Crippen MR) is 120 cm³/mol. The smallest absolute Gasteiger partial charge is 0.220 e. The quantitative estimate of drug-likeness (QED) is 0.474. The van der Waals surface area contributed by atoms with E-state index in [4.69, 9.17) is 14.2 Å². The van der Waals surface area contributed by atoms with Crippen molar-refractivity contribution in [2.24, 2.45) is 0 Å². The Morgan fingerprint density at radius 2 is 1.97 bits per heavy atom. The average Bonchev–Trinajstić information content (AvgIpc) is 3.23. The van der Waals surface area contributed by atoms with Crippen LogP contribution >= 0.6 is 0 Å². The van der Waals surface area contributed by atoms with Crippen LogP contribution in [0.1, 0.15) is 28.9 Å². The van der Waals surface area contributed by atoms with Crippen molar-refractivity contribution in [1.82, 2.24) is 19.9 Å². The van der Waals surface area contributed by atoms with E-state index in [2.05, 4.69) is 21.5 Å². The van der Waals surface area contributed by atoms with Crippen LogP contribution in [-0.2, 0) is 11.2 Å². The molecule has 0 radical (unpaired) electrons. The molecule has 0 saturated heterocycles. The van der Waals surface area contributed by atoms with Crippen LogP contribution in [-0.4, -0.2) is 59.1 Å². The van der Waals surface area contributed by atoms with E-state index >= 15 is 0 Å². The van der Waals surface area contributed by atoms with Gasteiger partial charge in [-0.2, -0.15) is 10.4 Å². The number of aryl methyl sites for hydroxylation is 2. The molecular formula is C23H27N5O5. The number of fused-ring (bicyclic) bond motifs is 1. The van der Waals surface area contributed by atoms with Crippen molar-refractivity contribution in [2.75, 3.05) is 27.4 Å². The van der Waals surface area contributed by atoms with Crippen LogP contribution < -0.4 is 19.5 Å². The molecule has 0 aliphatic heterocycles. The molecule has 3 aromatic rings. The highest BCUT2D eigenvalue weighted by Gasteiger charge is 2.16. The molecule has 1 aromatic carbocycles. The molecule has 2 N–H and O–H groups in total. The zero-order valence-electron chi connectivity index (χ0n) is 19.1. The summed E-state index contributed by atoms with van der Waals surface area (Å²) in [5.41, 5.74) is 3.41. The molecule has 0 spiro atoms. The molecule has 3 rings (SSSR count). The lowest BCUT2D eigenvalue weighted by molar-refractivity contribution is -0.121. The first-order valence-corrected chi connectivity index (χ1v) is 10.4. The first kappa shape index (κ1) is 23.8. The number of aliphatic hydroxyl groups excluding tert-OH is 1. The molecule has 1 amide bonds. The topological polar surface area (TPSA) is 131 Å². The second kappa shape index (κ2) is 10.7. The van der Waals surface area contributed by atoms with E-state index in [1.165, 1.54) is 20.4 Å². The van der Waals surface area contributed by atoms with Gasteiger partial charge in [0.2, 0.25) is 11.7 Å². The maximum absolute atomic E-state index is 12.3. The first-order chi connectivity index (χ1) is 15.9. The van der Waals surface area contributed by atoms with Crippen molar-refractivity contribution in [3.63, 3.8) is 0 Å². The van der Waals surface area contributed by atoms with Gasteiger partial charge in [0.15, 0.2) is 17.1 Å². The zero-order valence-corrected chi connectivity index (χ0v) is 19.1. The van der Waals surface area contributed by atoms with Crippen molar-refractivity contribution >= 4 is 11.6 Å². The fourth-order valence-corrected chi connectivity index (χ4v) is 3.51. The predicted octanol–water partition coefficient (Wildman–Crippen LogP) is 1.72. The molecule has 0 saturated carbocycles. The Balaban J connectivity index is 1.53. The number of hydrogen-bond donors (Lipinski definition) is 2. The van der Waals surface area contributed by atoms with Crippen molar-refractivity contribution in [1.29, 1.82) is 5.26 Å². The van der Waals surface area contributed by atoms with E-state index in [9.17, 15) is 15.2 Å². The lowest BCUT2D eigenvalue weighted by atomic mass is 10.1. The van der Waals surface area contributed by atoms with Crippen LogP contribution in [0.25, 0.3) is 5.65 Å². The van der Waals surface area contributed by atoms with Gasteiger partial charge in [-0.1, -0.05) is 6.07 Å². The molecular weight excluding hydrogens is 426 g/mol. The maximum Gasteiger partial charge on any atom is 0.220 e. The summed E-state index contributed by atoms with van der Waals surface area (Å²) in [5.74, 6) is 1.16. The van der Waals surface area contributed by atoms with Gasteiger partial charge in [0.05, 0.1) is 20.4 Å². The highest BCUT2D eigenvalue weighted by molar-refractivity contribution is 5.76. The lowest BCUT2D eigenvalue weighted by Crippen LogP contribution is -2.35. The lowest BCUT2D eigenvalue weighted by Gasteiger charge is -2.17. The average molecular weight is 453 g/mol. The molecule has 174 valence electrons. The summed E-state index contributed by atoms with van der Waals surface area (Å²) < 4.78 is 17.8. The number of para-hydroxylation sites is 1. The minimum Gasteiger partial charge on any atom is -0.493 e. The molecule has 1 unspecified atom stereocenters. The van der Waals surface area contributed by atoms with E-state index in [-0.39, 0.29) is 25.5 Å². The largest absolute Gasteiger partial charge is 0.493 e. The molecule has 10 heteroatoms. The van der Waals surface area contributed by atoms with Crippen LogP contribution in [0.5, 0.6) is 17.2 Å². The molecule has 0 bridgehead atoms. The third-order valence-electron chi connectivity index (χ3n) is 5.27. The molecule has 2 heterocycles. The van der Waals surface area contributed by atoms with Crippen molar-refractivity contribution in [3.05, 3.63) is 46.9 Å². The second-order valence-corrected chi connectivity index (χ2v) is 7.43. The van der Waals surface area contributed by atoms with E-state index in [1.54, 1.807) is 22.7 Å². The highest BCUT2D eigenvalue weighted by Crippen LogP contribution is 2.36. The molecule has 2 aromatic heterocycles. The molecule has 0 fully saturated rings. The Morgan fingerprint density at radius 1 is 1.27 bits per heavy atom. The molecule has 0 aliphatic rings. The third kappa shape index (κ3) is 5.32. The standard InChI is InChI=1S/C23H27N5O5/c1-14-18(15(2)28-23(27-14)16(10-24)11-26-28)8-9-21(30)25-12-17(29)13-33-22-19(31-3)6-5-7-20(22)32-4/h5-7,11,17,29H,8-9,12-13H2,1-4H3,(H,25,30). The Kier molecular flexibility index (Phi) is 7.69. The molecule has 33 heavy (non-hydrogen) atoms. The van der Waals surface area contributed by atoms with Gasteiger partial charge in [-0.25, -0.2) is 9.50 Å². The number of hydrogen-bond acceptors (Lipinski definition) is 8. The number of amides is 1. The maximum atomic E-state index is 12.3. The monoisotopic (exact) mass is 453 g/mol. The highest BCUT2D eigenvalue weighted by atomic mass is 16.5. The van der Waals surface area contributed by atoms with Gasteiger partial charge < -0.3 is 24.6 Å². The number of aliphatic hydroxyl groups is 1. The number of benzene rings is 1. The van der Waals surface area contributed by atoms with Crippen LogP contribution in [0.4, 0.5) is 0 Å². The summed E-state index contributed by atoms with van der Waals surface area (Å²) >= 11 is 0. The summed E-state index contributed by atoms with van der Waals surface area (Å²) in [6, 6.07) is 7.30. The van der Waals surface area contributed by atoms with E-state index in [0.717, 1.165) is 17.0 Å². The van der Waals surface area contributed by atoms with Crippen LogP contribution in [0.3, 0.4) is 0 Å². The summed E-state index contributed by atoms with van der Waals surface area (Å²) in [4.78, 5) is 16.8. The fraction of sp³-hybridized carbons (Fsp3) is 0.391. The number of rotatable bonds is 10. The van der Waals surface area contributed by atoms with Crippen molar-refractivity contribution < 1.29 is 24.1 Å². The minimum atomic E-state index is -0.918. The van der Waals surface area contributed by atoms with Gasteiger partial charge >= 0.3 is 0 Å². The molecule has 1 atom stereocenters. The number of aromatic nitrogens is 3. The summed E-state index contributed by atoms with van der Waals surface area (Å²) in [7, 11) is 3.04. The van der Waals surface area contributed by atoms with Crippen LogP contribution in [0.2, 0.25) is 0 Å². The van der Waals surface area contributed by atoms with Gasteiger partial charge in [0.25, 0.3) is 0 Å². The van der Waals surface area contributed by atoms with E-state index < -0.39 is 6.10 Å². The Morgan fingerprint density at radius 3 is 2.61 bits per heavy atom. The molecule has 0 aliphatic carbocycles. The fourth-order valence-electron chi connectivity index (χ4n) is 3.51. The van der Waals surface area contributed by atoms with Gasteiger partial charge in [0, 0.05) is 24.4 Å². The number of methoxy groups -OCH3 is 2. The van der Waals surface area contributed by atoms with Crippen molar-refractivity contribution in [2.45, 2.75) is 32.8 Å². The summed E-state index contributed by atoms with van der Waals surface area (Å²) in [6.07, 6.45) is 1.24. The SMILES string of the molecule is COc1cccc(OC)c1OCC(O)CNC(=O)CCc1c(C)nc2c(C#N)cnn2c1C. The number of nitrogens with zero attached hydrogens (tertiary/aromatic N) is 4. The summed E-state index contributed by atoms with van der Waals surface area (Å²) in [6.45, 7) is 3.73. The summed E-state index contributed by atoms with van der Waals surface area (Å²) in [5, 5.41) is 26.3. The minimum absolute atomic E-state index is 0.0379. The van der Waals surface area contributed by atoms with Crippen LogP contribution in [0.15, 0.2) is 24.4 Å². The van der Waals surface area contributed by atoms with Crippen molar-refractivity contribution in [3.8, 4) is 23.3 Å². The number of ether oxygens (including phenoxy) is 3. The zero-order chi connectivity index (χ0) is 24.0. The van der Waals surface area contributed by atoms with Gasteiger partial charge in [-0.05, 0) is 38.0 Å². The number of carbonyl (C=O) groups is 1. The number of nitriles is 1. The number of nitrogens with one attached hydrogen (secondary N) is 1. The Bertz CT molecular complexity index is 1160. The van der Waals surface area contributed by atoms with E-state index in [0.29, 0.717) is 34.9 Å². The van der Waals surface area contributed by atoms with Crippen LogP contribution in [0, 0.1) is 25.2 Å². The van der Waals surface area contributed by atoms with Gasteiger partial charge in [-0.15, -0.1) is 0 Å². The van der Waals surface area contributed by atoms with Gasteiger partial charge in [-0.3, -0.25) is 4.79 Å². The molecule has 10 nitrogen and oxygen atoms in total. The Labute approximate surface area is 191 Å².